The number of carbonyl (C=O) groups is 2. The maximum absolute atomic E-state index is 11.7. The van der Waals surface area contributed by atoms with E-state index in [4.69, 9.17) is 0 Å². The van der Waals surface area contributed by atoms with Gasteiger partial charge in [-0.15, -0.1) is 0 Å². The summed E-state index contributed by atoms with van der Waals surface area (Å²) in [6.07, 6.45) is 3.56. The van der Waals surface area contributed by atoms with E-state index in [-0.39, 0.29) is 11.9 Å². The second-order valence-electron chi connectivity index (χ2n) is 5.33. The molecule has 1 aliphatic rings. The first kappa shape index (κ1) is 15.0. The molecule has 0 radical (unpaired) electrons. The zero-order chi connectivity index (χ0) is 13.7. The van der Waals surface area contributed by atoms with E-state index in [0.717, 1.165) is 6.42 Å². The fourth-order valence-electron chi connectivity index (χ4n) is 2.50. The van der Waals surface area contributed by atoms with Gasteiger partial charge in [0.25, 0.3) is 0 Å². The van der Waals surface area contributed by atoms with E-state index >= 15 is 0 Å². The van der Waals surface area contributed by atoms with Crippen LogP contribution in [0.15, 0.2) is 0 Å². The lowest BCUT2D eigenvalue weighted by Crippen LogP contribution is -2.52. The summed E-state index contributed by atoms with van der Waals surface area (Å²) in [5, 5.41) is 8.00. The summed E-state index contributed by atoms with van der Waals surface area (Å²) < 4.78 is 0. The quantitative estimate of drug-likeness (QED) is 0.710. The lowest BCUT2D eigenvalue weighted by Gasteiger charge is -2.36. The van der Waals surface area contributed by atoms with Crippen molar-refractivity contribution in [1.29, 1.82) is 0 Å². The van der Waals surface area contributed by atoms with Crippen LogP contribution in [0.5, 0.6) is 0 Å². The molecular formula is C13H25N3O2. The molecule has 0 unspecified atom stereocenters. The summed E-state index contributed by atoms with van der Waals surface area (Å²) in [4.78, 5) is 22.8. The van der Waals surface area contributed by atoms with Gasteiger partial charge in [0.05, 0.1) is 6.04 Å². The molecule has 104 valence electrons. The molecule has 0 spiro atoms. The Kier molecular flexibility index (Phi) is 5.59. The second kappa shape index (κ2) is 6.73. The van der Waals surface area contributed by atoms with Crippen molar-refractivity contribution in [2.24, 2.45) is 11.8 Å². The third kappa shape index (κ3) is 3.98. The van der Waals surface area contributed by atoms with Gasteiger partial charge in [-0.1, -0.05) is 26.7 Å². The average molecular weight is 255 g/mol. The molecule has 0 aliphatic heterocycles. The lowest BCUT2D eigenvalue weighted by atomic mass is 9.78. The van der Waals surface area contributed by atoms with Gasteiger partial charge >= 0.3 is 6.03 Å². The van der Waals surface area contributed by atoms with Crippen LogP contribution in [-0.2, 0) is 4.79 Å². The molecule has 5 nitrogen and oxygen atoms in total. The molecule has 1 rings (SSSR count). The minimum atomic E-state index is -0.460. The van der Waals surface area contributed by atoms with E-state index in [1.165, 1.54) is 19.9 Å². The van der Waals surface area contributed by atoms with Crippen molar-refractivity contribution in [2.75, 3.05) is 7.05 Å². The van der Waals surface area contributed by atoms with E-state index in [0.29, 0.717) is 17.9 Å². The number of imide groups is 1. The van der Waals surface area contributed by atoms with Crippen LogP contribution < -0.4 is 16.0 Å². The highest BCUT2D eigenvalue weighted by Gasteiger charge is 2.29. The molecule has 3 amide bonds. The Labute approximate surface area is 109 Å². The van der Waals surface area contributed by atoms with Gasteiger partial charge in [0.1, 0.15) is 0 Å². The number of carbonyl (C=O) groups excluding carboxylic acids is 2. The van der Waals surface area contributed by atoms with Gasteiger partial charge in [-0.25, -0.2) is 4.79 Å². The Morgan fingerprint density at radius 2 is 1.89 bits per heavy atom. The zero-order valence-electron chi connectivity index (χ0n) is 11.7. The van der Waals surface area contributed by atoms with E-state index in [2.05, 4.69) is 29.8 Å². The number of nitrogens with one attached hydrogen (secondary N) is 3. The first-order valence-corrected chi connectivity index (χ1v) is 6.74. The van der Waals surface area contributed by atoms with Gasteiger partial charge in [0.2, 0.25) is 5.91 Å². The minimum Gasteiger partial charge on any atom is -0.341 e. The normalized spacial score (nSPS) is 29.4. The molecule has 0 aromatic rings. The molecule has 0 bridgehead atoms. The summed E-state index contributed by atoms with van der Waals surface area (Å²) in [6, 6.07) is -0.446. The van der Waals surface area contributed by atoms with Crippen molar-refractivity contribution in [2.45, 2.75) is 52.1 Å². The molecule has 1 saturated carbocycles. The number of amides is 3. The average Bonchev–Trinajstić information content (AvgIpc) is 2.34. The highest BCUT2D eigenvalue weighted by atomic mass is 16.2. The van der Waals surface area contributed by atoms with Crippen molar-refractivity contribution < 1.29 is 9.59 Å². The number of hydrogen-bond acceptors (Lipinski definition) is 3. The van der Waals surface area contributed by atoms with E-state index < -0.39 is 6.03 Å². The Morgan fingerprint density at radius 3 is 2.50 bits per heavy atom. The fraction of sp³-hybridized carbons (Fsp3) is 0.846. The van der Waals surface area contributed by atoms with Crippen LogP contribution in [0.25, 0.3) is 0 Å². The molecule has 18 heavy (non-hydrogen) atoms. The second-order valence-corrected chi connectivity index (χ2v) is 5.33. The molecule has 3 N–H and O–H groups in total. The molecule has 5 heteroatoms. The molecule has 1 aliphatic carbocycles. The highest BCUT2D eigenvalue weighted by molar-refractivity contribution is 5.96. The Hall–Kier alpha value is -1.10. The minimum absolute atomic E-state index is 0.278. The first-order valence-electron chi connectivity index (χ1n) is 6.74. The zero-order valence-corrected chi connectivity index (χ0v) is 11.7. The molecule has 0 aromatic heterocycles. The standard InChI is InChI=1S/C13H25N3O2/c1-8-6-5-7-11(9(8)2)15-10(3)12(17)16-13(18)14-4/h8-11,15H,5-7H2,1-4H3,(H2,14,16,17,18)/t8-,9+,10-,11+/m0/s1. The Morgan fingerprint density at radius 1 is 1.22 bits per heavy atom. The van der Waals surface area contributed by atoms with Crippen LogP contribution >= 0.6 is 0 Å². The van der Waals surface area contributed by atoms with Crippen LogP contribution in [0.4, 0.5) is 4.79 Å². The Balaban J connectivity index is 2.45. The number of hydrogen-bond donors (Lipinski definition) is 3. The summed E-state index contributed by atoms with van der Waals surface area (Å²) in [5.41, 5.74) is 0. The molecule has 1 fully saturated rings. The number of rotatable bonds is 3. The lowest BCUT2D eigenvalue weighted by molar-refractivity contribution is -0.122. The van der Waals surface area contributed by atoms with Crippen LogP contribution in [-0.4, -0.2) is 31.1 Å². The van der Waals surface area contributed by atoms with E-state index in [1.54, 1.807) is 6.92 Å². The van der Waals surface area contributed by atoms with Crippen LogP contribution in [0.3, 0.4) is 0 Å². The highest BCUT2D eigenvalue weighted by Crippen LogP contribution is 2.29. The molecule has 0 aromatic carbocycles. The van der Waals surface area contributed by atoms with Crippen molar-refractivity contribution in [3.05, 3.63) is 0 Å². The summed E-state index contributed by atoms with van der Waals surface area (Å²) >= 11 is 0. The third-order valence-corrected chi connectivity index (χ3v) is 4.03. The topological polar surface area (TPSA) is 70.2 Å². The maximum Gasteiger partial charge on any atom is 0.321 e. The van der Waals surface area contributed by atoms with E-state index in [9.17, 15) is 9.59 Å². The molecule has 0 heterocycles. The number of urea groups is 1. The summed E-state index contributed by atoms with van der Waals surface area (Å²) in [6.45, 7) is 6.28. The third-order valence-electron chi connectivity index (χ3n) is 4.03. The molecule has 0 saturated heterocycles. The van der Waals surface area contributed by atoms with Gasteiger partial charge in [-0.3, -0.25) is 10.1 Å². The predicted molar refractivity (Wildman–Crippen MR) is 71.2 cm³/mol. The van der Waals surface area contributed by atoms with Crippen LogP contribution in [0.1, 0.15) is 40.0 Å². The van der Waals surface area contributed by atoms with Gasteiger partial charge < -0.3 is 10.6 Å². The fourth-order valence-corrected chi connectivity index (χ4v) is 2.50. The molecular weight excluding hydrogens is 230 g/mol. The van der Waals surface area contributed by atoms with Gasteiger partial charge in [0, 0.05) is 13.1 Å². The SMILES string of the molecule is CNC(=O)NC(=O)[C@H](C)N[C@@H]1CCC[C@H](C)[C@H]1C. The van der Waals surface area contributed by atoms with Crippen molar-refractivity contribution in [3.63, 3.8) is 0 Å². The largest absolute Gasteiger partial charge is 0.341 e. The van der Waals surface area contributed by atoms with Gasteiger partial charge in [0.15, 0.2) is 0 Å². The van der Waals surface area contributed by atoms with Crippen molar-refractivity contribution in [3.8, 4) is 0 Å². The first-order chi connectivity index (χ1) is 8.45. The van der Waals surface area contributed by atoms with Crippen molar-refractivity contribution in [1.82, 2.24) is 16.0 Å². The van der Waals surface area contributed by atoms with Gasteiger partial charge in [-0.2, -0.15) is 0 Å². The summed E-state index contributed by atoms with van der Waals surface area (Å²) in [5.74, 6) is 0.972. The maximum atomic E-state index is 11.7. The Bertz CT molecular complexity index is 307. The molecule has 4 atom stereocenters. The van der Waals surface area contributed by atoms with Crippen LogP contribution in [0, 0.1) is 11.8 Å². The summed E-state index contributed by atoms with van der Waals surface area (Å²) in [7, 11) is 1.49. The van der Waals surface area contributed by atoms with Gasteiger partial charge in [-0.05, 0) is 25.2 Å². The van der Waals surface area contributed by atoms with Crippen molar-refractivity contribution >= 4 is 11.9 Å². The van der Waals surface area contributed by atoms with E-state index in [1.807, 2.05) is 0 Å². The predicted octanol–water partition coefficient (Wildman–Crippen LogP) is 1.24. The monoisotopic (exact) mass is 255 g/mol. The van der Waals surface area contributed by atoms with Crippen LogP contribution in [0.2, 0.25) is 0 Å². The smallest absolute Gasteiger partial charge is 0.321 e.